The van der Waals surface area contributed by atoms with E-state index in [0.29, 0.717) is 13.2 Å². The van der Waals surface area contributed by atoms with Crippen molar-refractivity contribution in [2.24, 2.45) is 0 Å². The number of hydrogen-bond donors (Lipinski definition) is 1. The van der Waals surface area contributed by atoms with E-state index in [4.69, 9.17) is 4.74 Å². The van der Waals surface area contributed by atoms with Crippen LogP contribution in [0.15, 0.2) is 30.6 Å². The molecule has 2 amide bonds. The summed E-state index contributed by atoms with van der Waals surface area (Å²) in [4.78, 5) is 27.5. The van der Waals surface area contributed by atoms with Crippen molar-refractivity contribution in [2.45, 2.75) is 45.3 Å². The van der Waals surface area contributed by atoms with E-state index in [-0.39, 0.29) is 30.3 Å². The van der Waals surface area contributed by atoms with Gasteiger partial charge in [0.2, 0.25) is 0 Å². The van der Waals surface area contributed by atoms with Gasteiger partial charge in [-0.15, -0.1) is 0 Å². The zero-order chi connectivity index (χ0) is 23.7. The van der Waals surface area contributed by atoms with Crippen molar-refractivity contribution in [3.8, 4) is 0 Å². The van der Waals surface area contributed by atoms with Crippen LogP contribution in [-0.4, -0.2) is 52.8 Å². The van der Waals surface area contributed by atoms with Crippen molar-refractivity contribution in [3.05, 3.63) is 47.3 Å². The molecule has 0 radical (unpaired) electrons. The average molecular weight is 452 g/mol. The number of carbonyl (C=O) groups is 2. The third kappa shape index (κ3) is 4.95. The lowest BCUT2D eigenvalue weighted by atomic mass is 10.0. The van der Waals surface area contributed by atoms with E-state index < -0.39 is 29.1 Å². The van der Waals surface area contributed by atoms with Gasteiger partial charge in [0.15, 0.2) is 0 Å². The highest BCUT2D eigenvalue weighted by atomic mass is 19.4. The fourth-order valence-electron chi connectivity index (χ4n) is 3.26. The Morgan fingerprint density at radius 1 is 1.16 bits per heavy atom. The maximum absolute atomic E-state index is 13.3. The molecular weight excluding hydrogens is 425 g/mol. The van der Waals surface area contributed by atoms with Gasteiger partial charge < -0.3 is 15.0 Å². The fraction of sp³-hybridized carbons (Fsp3) is 0.500. The summed E-state index contributed by atoms with van der Waals surface area (Å²) in [6.07, 6.45) is -1.19. The molecule has 1 saturated heterocycles. The molecule has 1 aliphatic heterocycles. The number of nitrogens with one attached hydrogen (secondary N) is 1. The molecule has 0 spiro atoms. The zero-order valence-electron chi connectivity index (χ0n) is 18.5. The number of halogens is 3. The second kappa shape index (κ2) is 8.93. The smallest absolute Gasteiger partial charge is 0.378 e. The van der Waals surface area contributed by atoms with Crippen molar-refractivity contribution < 1.29 is 27.5 Å². The number of alkyl halides is 3. The van der Waals surface area contributed by atoms with Gasteiger partial charge in [-0.2, -0.15) is 18.3 Å². The van der Waals surface area contributed by atoms with Crippen molar-refractivity contribution >= 4 is 17.5 Å². The number of amides is 2. The normalized spacial score (nSPS) is 15.2. The number of anilines is 1. The summed E-state index contributed by atoms with van der Waals surface area (Å²) >= 11 is 0. The van der Waals surface area contributed by atoms with Crippen molar-refractivity contribution in [1.29, 1.82) is 0 Å². The molecule has 0 bridgehead atoms. The molecular formula is C22H27F3N4O3. The molecule has 174 valence electrons. The maximum Gasteiger partial charge on any atom is 0.416 e. The lowest BCUT2D eigenvalue weighted by Crippen LogP contribution is -2.42. The van der Waals surface area contributed by atoms with E-state index in [0.717, 1.165) is 23.8 Å². The van der Waals surface area contributed by atoms with Crippen LogP contribution in [0.3, 0.4) is 0 Å². The average Bonchev–Trinajstić information content (AvgIpc) is 3.25. The predicted molar refractivity (Wildman–Crippen MR) is 112 cm³/mol. The minimum Gasteiger partial charge on any atom is -0.378 e. The van der Waals surface area contributed by atoms with Gasteiger partial charge in [0.1, 0.15) is 5.54 Å². The van der Waals surface area contributed by atoms with Gasteiger partial charge in [-0.3, -0.25) is 14.3 Å². The van der Waals surface area contributed by atoms with E-state index in [1.54, 1.807) is 26.2 Å². The van der Waals surface area contributed by atoms with Crippen LogP contribution < -0.4 is 5.32 Å². The first kappa shape index (κ1) is 23.8. The molecule has 1 N–H and O–H groups in total. The molecule has 0 saturated carbocycles. The van der Waals surface area contributed by atoms with Gasteiger partial charge >= 0.3 is 6.18 Å². The SMILES string of the molecule is CC(C)c1cnn(C(C)(C)C(=O)Nc2ccc(C(F)(F)F)cc2C(=O)N2CCOCC2)c1. The minimum atomic E-state index is -4.62. The molecule has 10 heteroatoms. The Morgan fingerprint density at radius 2 is 1.81 bits per heavy atom. The summed E-state index contributed by atoms with van der Waals surface area (Å²) in [7, 11) is 0. The van der Waals surface area contributed by atoms with Crippen molar-refractivity contribution in [2.75, 3.05) is 31.6 Å². The molecule has 0 atom stereocenters. The van der Waals surface area contributed by atoms with Crippen LogP contribution >= 0.6 is 0 Å². The molecule has 1 aromatic carbocycles. The summed E-state index contributed by atoms with van der Waals surface area (Å²) in [6.45, 7) is 8.42. The van der Waals surface area contributed by atoms with E-state index >= 15 is 0 Å². The lowest BCUT2D eigenvalue weighted by molar-refractivity contribution is -0.137. The molecule has 1 fully saturated rings. The van der Waals surface area contributed by atoms with Crippen LogP contribution in [0.25, 0.3) is 0 Å². The molecule has 1 aliphatic rings. The van der Waals surface area contributed by atoms with Crippen LogP contribution in [-0.2, 0) is 21.2 Å². The van der Waals surface area contributed by atoms with Crippen molar-refractivity contribution in [1.82, 2.24) is 14.7 Å². The van der Waals surface area contributed by atoms with Gasteiger partial charge in [-0.05, 0) is 43.5 Å². The lowest BCUT2D eigenvalue weighted by Gasteiger charge is -2.29. The van der Waals surface area contributed by atoms with Gasteiger partial charge in [-0.1, -0.05) is 13.8 Å². The highest BCUT2D eigenvalue weighted by Gasteiger charge is 2.35. The Bertz CT molecular complexity index is 993. The molecule has 2 heterocycles. The van der Waals surface area contributed by atoms with Gasteiger partial charge in [0.25, 0.3) is 11.8 Å². The largest absolute Gasteiger partial charge is 0.416 e. The van der Waals surface area contributed by atoms with Crippen LogP contribution in [0.2, 0.25) is 0 Å². The van der Waals surface area contributed by atoms with Gasteiger partial charge in [0, 0.05) is 19.3 Å². The first-order valence-corrected chi connectivity index (χ1v) is 10.4. The van der Waals surface area contributed by atoms with E-state index in [1.165, 1.54) is 9.58 Å². The summed E-state index contributed by atoms with van der Waals surface area (Å²) in [6, 6.07) is 2.75. The first-order chi connectivity index (χ1) is 14.9. The highest BCUT2D eigenvalue weighted by Crippen LogP contribution is 2.33. The maximum atomic E-state index is 13.3. The van der Waals surface area contributed by atoms with Crippen molar-refractivity contribution in [3.63, 3.8) is 0 Å². The molecule has 2 aromatic rings. The van der Waals surface area contributed by atoms with Crippen LogP contribution in [0.4, 0.5) is 18.9 Å². The number of hydrogen-bond acceptors (Lipinski definition) is 4. The third-order valence-corrected chi connectivity index (χ3v) is 5.52. The number of aromatic nitrogens is 2. The zero-order valence-corrected chi connectivity index (χ0v) is 18.5. The minimum absolute atomic E-state index is 0.0174. The second-order valence-corrected chi connectivity index (χ2v) is 8.55. The highest BCUT2D eigenvalue weighted by molar-refractivity contribution is 6.05. The first-order valence-electron chi connectivity index (χ1n) is 10.4. The quantitative estimate of drug-likeness (QED) is 0.747. The van der Waals surface area contributed by atoms with E-state index in [9.17, 15) is 22.8 Å². The van der Waals surface area contributed by atoms with Gasteiger partial charge in [0.05, 0.1) is 36.2 Å². The topological polar surface area (TPSA) is 76.5 Å². The molecule has 32 heavy (non-hydrogen) atoms. The molecule has 0 aliphatic carbocycles. The summed E-state index contributed by atoms with van der Waals surface area (Å²) in [5, 5.41) is 6.91. The Kier molecular flexibility index (Phi) is 6.64. The number of ether oxygens (including phenoxy) is 1. The summed E-state index contributed by atoms with van der Waals surface area (Å²) in [5.74, 6) is -0.879. The van der Waals surface area contributed by atoms with Crippen LogP contribution in [0.1, 0.15) is 55.1 Å². The van der Waals surface area contributed by atoms with Crippen LogP contribution in [0, 0.1) is 0 Å². The fourth-order valence-corrected chi connectivity index (χ4v) is 3.26. The number of benzene rings is 1. The molecule has 0 unspecified atom stereocenters. The Balaban J connectivity index is 1.93. The molecule has 3 rings (SSSR count). The Labute approximate surface area is 184 Å². The Hall–Kier alpha value is -2.88. The standard InChI is InChI=1S/C22H27F3N4O3/c1-14(2)15-12-26-29(13-15)21(3,4)20(31)27-18-6-5-16(22(23,24)25)11-17(18)19(30)28-7-9-32-10-8-28/h5-6,11-14H,7-10H2,1-4H3,(H,27,31). The monoisotopic (exact) mass is 452 g/mol. The van der Waals surface area contributed by atoms with E-state index in [1.807, 2.05) is 13.8 Å². The predicted octanol–water partition coefficient (Wildman–Crippen LogP) is 3.87. The Morgan fingerprint density at radius 3 is 2.38 bits per heavy atom. The third-order valence-electron chi connectivity index (χ3n) is 5.52. The number of nitrogens with zero attached hydrogens (tertiary/aromatic N) is 3. The summed E-state index contributed by atoms with van der Waals surface area (Å²) < 4.78 is 46.6. The molecule has 1 aromatic heterocycles. The molecule has 7 nitrogen and oxygen atoms in total. The number of rotatable bonds is 5. The van der Waals surface area contributed by atoms with E-state index in [2.05, 4.69) is 10.4 Å². The van der Waals surface area contributed by atoms with Crippen LogP contribution in [0.5, 0.6) is 0 Å². The second-order valence-electron chi connectivity index (χ2n) is 8.55. The number of carbonyl (C=O) groups excluding carboxylic acids is 2. The number of morpholine rings is 1. The summed E-state index contributed by atoms with van der Waals surface area (Å²) in [5.41, 5.74) is -1.35. The van der Waals surface area contributed by atoms with Gasteiger partial charge in [-0.25, -0.2) is 0 Å².